The van der Waals surface area contributed by atoms with Crippen molar-refractivity contribution in [2.75, 3.05) is 18.5 Å². The third kappa shape index (κ3) is 4.37. The van der Waals surface area contributed by atoms with Crippen molar-refractivity contribution in [3.8, 4) is 0 Å². The highest BCUT2D eigenvalue weighted by molar-refractivity contribution is 6.27. The Labute approximate surface area is 241 Å². The van der Waals surface area contributed by atoms with E-state index in [9.17, 15) is 27.6 Å². The van der Waals surface area contributed by atoms with E-state index < -0.39 is 29.5 Å². The van der Waals surface area contributed by atoms with Crippen LogP contribution >= 0.6 is 0 Å². The number of aliphatic imine (C=N–C) groups is 1. The smallest absolute Gasteiger partial charge is 0.417 e. The van der Waals surface area contributed by atoms with Crippen LogP contribution in [0.25, 0.3) is 21.5 Å². The van der Waals surface area contributed by atoms with Crippen LogP contribution in [0.1, 0.15) is 42.2 Å². The lowest BCUT2D eigenvalue weighted by molar-refractivity contribution is -0.136. The van der Waals surface area contributed by atoms with Crippen LogP contribution in [0, 0.1) is 0 Å². The largest absolute Gasteiger partial charge is 0.460 e. The second-order valence-corrected chi connectivity index (χ2v) is 9.98. The van der Waals surface area contributed by atoms with Crippen LogP contribution in [0.5, 0.6) is 0 Å². The Bertz CT molecular complexity index is 1990. The molecule has 43 heavy (non-hydrogen) atoms. The van der Waals surface area contributed by atoms with Gasteiger partial charge in [0.15, 0.2) is 5.82 Å². The van der Waals surface area contributed by atoms with Gasteiger partial charge in [0.2, 0.25) is 0 Å². The van der Waals surface area contributed by atoms with Gasteiger partial charge in [-0.1, -0.05) is 42.5 Å². The minimum Gasteiger partial charge on any atom is -0.460 e. The lowest BCUT2D eigenvalue weighted by atomic mass is 9.94. The summed E-state index contributed by atoms with van der Waals surface area (Å²) in [5.41, 5.74) is 1.23. The summed E-state index contributed by atoms with van der Waals surface area (Å²) in [5.74, 6) is -1.07. The molecule has 2 aliphatic rings. The van der Waals surface area contributed by atoms with Crippen molar-refractivity contribution in [1.82, 2.24) is 9.88 Å². The van der Waals surface area contributed by atoms with Crippen LogP contribution in [0.2, 0.25) is 0 Å². The molecule has 0 aliphatic carbocycles. The second-order valence-electron chi connectivity index (χ2n) is 9.98. The fourth-order valence-corrected chi connectivity index (χ4v) is 5.52. The lowest BCUT2D eigenvalue weighted by Crippen LogP contribution is -2.42. The molecule has 0 bridgehead atoms. The van der Waals surface area contributed by atoms with Crippen LogP contribution < -0.4 is 5.32 Å². The van der Waals surface area contributed by atoms with Gasteiger partial charge in [-0.15, -0.1) is 0 Å². The third-order valence-corrected chi connectivity index (χ3v) is 7.47. The van der Waals surface area contributed by atoms with Crippen LogP contribution in [-0.4, -0.2) is 46.7 Å². The molecule has 0 radical (unpaired) electrons. The van der Waals surface area contributed by atoms with Crippen molar-refractivity contribution in [3.63, 3.8) is 0 Å². The van der Waals surface area contributed by atoms with Gasteiger partial charge in [-0.05, 0) is 47.2 Å². The summed E-state index contributed by atoms with van der Waals surface area (Å²) in [6.07, 6.45) is -3.23. The number of nitrogens with one attached hydrogen (secondary N) is 1. The molecule has 7 rings (SSSR count). The number of hydrogen-bond acceptors (Lipinski definition) is 6. The van der Waals surface area contributed by atoms with E-state index in [2.05, 4.69) is 15.3 Å². The molecule has 2 amide bonds. The Hall–Kier alpha value is -5.58. The number of benzene rings is 4. The molecule has 0 spiro atoms. The van der Waals surface area contributed by atoms with Crippen LogP contribution in [-0.2, 0) is 10.9 Å². The molecule has 2 aliphatic heterocycles. The number of amidine groups is 1. The average molecular weight is 581 g/mol. The Morgan fingerprint density at radius 1 is 0.860 bits per heavy atom. The monoisotopic (exact) mass is 580 g/mol. The lowest BCUT2D eigenvalue weighted by Gasteiger charge is -2.26. The van der Waals surface area contributed by atoms with Crippen LogP contribution in [0.3, 0.4) is 0 Å². The molecule has 11 heteroatoms. The van der Waals surface area contributed by atoms with Crippen molar-refractivity contribution in [3.05, 3.63) is 113 Å². The van der Waals surface area contributed by atoms with Crippen molar-refractivity contribution in [1.29, 1.82) is 0 Å². The standard InChI is InChI=1S/C32H19F3N4O4/c33-32(34,35)23-11-12-24-27-19(23)6-3-7-20(27)28(37-24)38-25-13-10-18(16-36-25)31(42)43-15-14-39-29(40)21-8-1-4-17-5-2-9-22(26(17)21)30(39)41/h1-13,16H,14-15H2,(H,36,37,38). The number of carbonyl (C=O) groups excluding carboxylic acids is 3. The fraction of sp³-hybridized carbons (Fsp3) is 0.0938. The van der Waals surface area contributed by atoms with E-state index in [4.69, 9.17) is 4.74 Å². The number of rotatable bonds is 5. The first-order valence-corrected chi connectivity index (χ1v) is 13.2. The van der Waals surface area contributed by atoms with Crippen LogP contribution in [0.4, 0.5) is 24.7 Å². The number of amides is 2. The number of carbonyl (C=O) groups is 3. The van der Waals surface area contributed by atoms with Gasteiger partial charge in [0, 0.05) is 39.3 Å². The topological polar surface area (TPSA) is 101 Å². The number of aromatic nitrogens is 1. The van der Waals surface area contributed by atoms with E-state index >= 15 is 0 Å². The summed E-state index contributed by atoms with van der Waals surface area (Å²) >= 11 is 0. The zero-order valence-electron chi connectivity index (χ0n) is 22.1. The number of ether oxygens (including phenoxy) is 1. The predicted octanol–water partition coefficient (Wildman–Crippen LogP) is 6.36. The number of pyridine rings is 1. The van der Waals surface area contributed by atoms with E-state index in [0.717, 1.165) is 16.4 Å². The molecule has 0 unspecified atom stereocenters. The van der Waals surface area contributed by atoms with Gasteiger partial charge in [-0.25, -0.2) is 14.8 Å². The predicted molar refractivity (Wildman–Crippen MR) is 153 cm³/mol. The highest BCUT2D eigenvalue weighted by atomic mass is 19.4. The van der Waals surface area contributed by atoms with Gasteiger partial charge in [-0.3, -0.25) is 14.5 Å². The highest BCUT2D eigenvalue weighted by Gasteiger charge is 2.35. The number of alkyl halides is 3. The number of imide groups is 1. The summed E-state index contributed by atoms with van der Waals surface area (Å²) in [7, 11) is 0. The molecule has 0 fully saturated rings. The zero-order chi connectivity index (χ0) is 29.9. The summed E-state index contributed by atoms with van der Waals surface area (Å²) in [6, 6.07) is 20.5. The molecule has 8 nitrogen and oxygen atoms in total. The molecule has 1 aromatic heterocycles. The van der Waals surface area contributed by atoms with E-state index in [-0.39, 0.29) is 29.9 Å². The maximum absolute atomic E-state index is 13.5. The summed E-state index contributed by atoms with van der Waals surface area (Å²) < 4.78 is 45.9. The maximum Gasteiger partial charge on any atom is 0.417 e. The maximum atomic E-state index is 13.5. The van der Waals surface area contributed by atoms with Crippen molar-refractivity contribution >= 4 is 56.7 Å². The van der Waals surface area contributed by atoms with Crippen LogP contribution in [0.15, 0.2) is 90.1 Å². The fourth-order valence-electron chi connectivity index (χ4n) is 5.52. The third-order valence-electron chi connectivity index (χ3n) is 7.47. The Morgan fingerprint density at radius 3 is 2.23 bits per heavy atom. The van der Waals surface area contributed by atoms with Gasteiger partial charge in [0.25, 0.3) is 11.8 Å². The number of esters is 1. The first kappa shape index (κ1) is 26.3. The number of anilines is 1. The van der Waals surface area contributed by atoms with E-state index in [1.807, 2.05) is 12.1 Å². The molecule has 5 aromatic rings. The number of halogens is 3. The first-order chi connectivity index (χ1) is 20.7. The second kappa shape index (κ2) is 9.76. The molecule has 1 N–H and O–H groups in total. The summed E-state index contributed by atoms with van der Waals surface area (Å²) in [4.78, 5) is 48.4. The minimum absolute atomic E-state index is 0.0699. The molecular formula is C32H19F3N4O4. The van der Waals surface area contributed by atoms with Crippen molar-refractivity contribution in [2.45, 2.75) is 6.18 Å². The van der Waals surface area contributed by atoms with Crippen molar-refractivity contribution < 1.29 is 32.3 Å². The quantitative estimate of drug-likeness (QED) is 0.192. The Kier molecular flexibility index (Phi) is 5.98. The highest BCUT2D eigenvalue weighted by Crippen LogP contribution is 2.41. The molecule has 4 aromatic carbocycles. The first-order valence-electron chi connectivity index (χ1n) is 13.2. The van der Waals surface area contributed by atoms with Gasteiger partial charge in [0.1, 0.15) is 12.4 Å². The van der Waals surface area contributed by atoms with Gasteiger partial charge in [-0.2, -0.15) is 13.2 Å². The molecule has 0 saturated heterocycles. The van der Waals surface area contributed by atoms with Gasteiger partial charge in [0.05, 0.1) is 17.7 Å². The average Bonchev–Trinajstić information content (AvgIpc) is 3.35. The van der Waals surface area contributed by atoms with Gasteiger partial charge >= 0.3 is 12.1 Å². The SMILES string of the molecule is O=C(OCCN1C(=O)c2cccc3cccc(c23)C1=O)c1ccc(N=C2Nc3ccc(C(F)(F)F)c4cccc2c34)nc1. The number of nitrogens with zero attached hydrogens (tertiary/aromatic N) is 3. The minimum atomic E-state index is -4.50. The Balaban J connectivity index is 1.04. The molecular weight excluding hydrogens is 561 g/mol. The summed E-state index contributed by atoms with van der Waals surface area (Å²) in [6.45, 7) is -0.342. The molecule has 0 saturated carbocycles. The molecule has 212 valence electrons. The molecule has 0 atom stereocenters. The zero-order valence-corrected chi connectivity index (χ0v) is 22.1. The molecule has 3 heterocycles. The van der Waals surface area contributed by atoms with Crippen molar-refractivity contribution in [2.24, 2.45) is 4.99 Å². The normalized spacial score (nSPS) is 15.0. The van der Waals surface area contributed by atoms with Gasteiger partial charge < -0.3 is 10.1 Å². The van der Waals surface area contributed by atoms with E-state index in [1.165, 1.54) is 36.5 Å². The van der Waals surface area contributed by atoms with E-state index in [1.54, 1.807) is 30.3 Å². The number of hydrogen-bond donors (Lipinski definition) is 1. The Morgan fingerprint density at radius 2 is 1.56 bits per heavy atom. The van der Waals surface area contributed by atoms with E-state index in [0.29, 0.717) is 39.0 Å². The summed E-state index contributed by atoms with van der Waals surface area (Å²) in [5, 5.41) is 4.94.